The predicted octanol–water partition coefficient (Wildman–Crippen LogP) is 3.45. The van der Waals surface area contributed by atoms with Gasteiger partial charge in [-0.2, -0.15) is 18.7 Å². The molecule has 29 heavy (non-hydrogen) atoms. The van der Waals surface area contributed by atoms with E-state index in [0.717, 1.165) is 5.56 Å². The average Bonchev–Trinajstić information content (AvgIpc) is 2.67. The van der Waals surface area contributed by atoms with Gasteiger partial charge in [-0.15, -0.1) is 0 Å². The van der Waals surface area contributed by atoms with Crippen LogP contribution in [-0.4, -0.2) is 18.0 Å². The molecule has 1 aromatic heterocycles. The number of halogens is 1. The van der Waals surface area contributed by atoms with Gasteiger partial charge in [-0.3, -0.25) is 9.36 Å². The van der Waals surface area contributed by atoms with E-state index in [2.05, 4.69) is 4.98 Å². The van der Waals surface area contributed by atoms with Gasteiger partial charge in [-0.1, -0.05) is 35.4 Å². The highest BCUT2D eigenvalue weighted by Crippen LogP contribution is 2.26. The molecule has 148 valence electrons. The van der Waals surface area contributed by atoms with Crippen molar-refractivity contribution in [2.45, 2.75) is 25.7 Å². The molecule has 1 heterocycles. The fourth-order valence-electron chi connectivity index (χ4n) is 2.69. The Kier molecular flexibility index (Phi) is 5.46. The van der Waals surface area contributed by atoms with Crippen molar-refractivity contribution in [3.05, 3.63) is 80.4 Å². The molecule has 9 heteroatoms. The summed E-state index contributed by atoms with van der Waals surface area (Å²) in [5.41, 5.74) is 0.814. The lowest BCUT2D eigenvalue weighted by Gasteiger charge is -2.15. The standard InChI is InChI=1S/C20H16ClN3O4S/c1-12-7-9-16(10-8-12)29(26,27)28-19-13(2)20(25)24(14(3)23-19)17-6-4-5-15(11-22)18(17)21/h4-10H,1-3H3. The van der Waals surface area contributed by atoms with Gasteiger partial charge in [-0.25, -0.2) is 0 Å². The van der Waals surface area contributed by atoms with E-state index < -0.39 is 15.7 Å². The Hall–Kier alpha value is -3.15. The van der Waals surface area contributed by atoms with Crippen molar-refractivity contribution in [2.24, 2.45) is 0 Å². The van der Waals surface area contributed by atoms with Crippen LogP contribution in [0.5, 0.6) is 5.88 Å². The van der Waals surface area contributed by atoms with E-state index in [0.29, 0.717) is 0 Å². The average molecular weight is 430 g/mol. The summed E-state index contributed by atoms with van der Waals surface area (Å²) < 4.78 is 31.5. The molecule has 0 radical (unpaired) electrons. The number of benzene rings is 2. The van der Waals surface area contributed by atoms with Crippen molar-refractivity contribution < 1.29 is 12.6 Å². The molecular formula is C20H16ClN3O4S. The maximum Gasteiger partial charge on any atom is 0.340 e. The number of rotatable bonds is 4. The molecule has 0 fully saturated rings. The Morgan fingerprint density at radius 3 is 2.38 bits per heavy atom. The molecule has 2 aromatic carbocycles. The van der Waals surface area contributed by atoms with Crippen LogP contribution in [0.3, 0.4) is 0 Å². The van der Waals surface area contributed by atoms with Crippen molar-refractivity contribution >= 4 is 21.7 Å². The van der Waals surface area contributed by atoms with Gasteiger partial charge in [0.1, 0.15) is 16.8 Å². The van der Waals surface area contributed by atoms with Gasteiger partial charge in [0, 0.05) is 0 Å². The molecule has 0 aliphatic carbocycles. The Balaban J connectivity index is 2.11. The van der Waals surface area contributed by atoms with Gasteiger partial charge in [-0.05, 0) is 45.0 Å². The third-order valence-electron chi connectivity index (χ3n) is 4.27. The lowest BCUT2D eigenvalue weighted by atomic mass is 10.2. The van der Waals surface area contributed by atoms with Crippen LogP contribution < -0.4 is 9.74 Å². The summed E-state index contributed by atoms with van der Waals surface area (Å²) >= 11 is 6.24. The van der Waals surface area contributed by atoms with E-state index >= 15 is 0 Å². The van der Waals surface area contributed by atoms with Gasteiger partial charge in [0.2, 0.25) is 5.88 Å². The van der Waals surface area contributed by atoms with Crippen molar-refractivity contribution in [3.63, 3.8) is 0 Å². The molecule has 0 unspecified atom stereocenters. The second-order valence-electron chi connectivity index (χ2n) is 6.33. The molecule has 0 saturated heterocycles. The number of aryl methyl sites for hydroxylation is 2. The topological polar surface area (TPSA) is 102 Å². The third-order valence-corrected chi connectivity index (χ3v) is 5.89. The zero-order valence-electron chi connectivity index (χ0n) is 15.8. The third kappa shape index (κ3) is 3.88. The first-order valence-electron chi connectivity index (χ1n) is 8.46. The van der Waals surface area contributed by atoms with Gasteiger partial charge in [0.15, 0.2) is 0 Å². The summed E-state index contributed by atoms with van der Waals surface area (Å²) in [5, 5.41) is 9.26. The number of hydrogen-bond donors (Lipinski definition) is 0. The largest absolute Gasteiger partial charge is 0.358 e. The van der Waals surface area contributed by atoms with Crippen molar-refractivity contribution in [1.29, 1.82) is 5.26 Å². The molecule has 3 aromatic rings. The zero-order valence-corrected chi connectivity index (χ0v) is 17.4. The SMILES string of the molecule is Cc1ccc(S(=O)(=O)Oc2nc(C)n(-c3cccc(C#N)c3Cl)c(=O)c2C)cc1. The normalized spacial score (nSPS) is 11.1. The second-order valence-corrected chi connectivity index (χ2v) is 8.26. The van der Waals surface area contributed by atoms with Crippen LogP contribution in [0.2, 0.25) is 5.02 Å². The van der Waals surface area contributed by atoms with Crippen molar-refractivity contribution in [3.8, 4) is 17.6 Å². The van der Waals surface area contributed by atoms with Gasteiger partial charge in [0.05, 0.1) is 21.8 Å². The zero-order chi connectivity index (χ0) is 21.3. The van der Waals surface area contributed by atoms with Crippen LogP contribution in [0.1, 0.15) is 22.5 Å². The molecule has 0 saturated carbocycles. The summed E-state index contributed by atoms with van der Waals surface area (Å²) in [6.07, 6.45) is 0. The minimum Gasteiger partial charge on any atom is -0.358 e. The van der Waals surface area contributed by atoms with Gasteiger partial charge >= 0.3 is 10.1 Å². The minimum atomic E-state index is -4.16. The van der Waals surface area contributed by atoms with E-state index in [-0.39, 0.29) is 38.4 Å². The fourth-order valence-corrected chi connectivity index (χ4v) is 3.88. The first kappa shape index (κ1) is 20.6. The Bertz CT molecular complexity index is 1310. The Morgan fingerprint density at radius 1 is 1.10 bits per heavy atom. The van der Waals surface area contributed by atoms with Gasteiger partial charge < -0.3 is 4.18 Å². The number of aromatic nitrogens is 2. The van der Waals surface area contributed by atoms with Crippen molar-refractivity contribution in [2.75, 3.05) is 0 Å². The molecule has 0 amide bonds. The predicted molar refractivity (Wildman–Crippen MR) is 108 cm³/mol. The number of nitrogens with zero attached hydrogens (tertiary/aromatic N) is 3. The first-order valence-corrected chi connectivity index (χ1v) is 10.2. The smallest absolute Gasteiger partial charge is 0.340 e. The number of hydrogen-bond acceptors (Lipinski definition) is 6. The monoisotopic (exact) mass is 429 g/mol. The van der Waals surface area contributed by atoms with Crippen LogP contribution in [0.15, 0.2) is 52.2 Å². The quantitative estimate of drug-likeness (QED) is 0.588. The Labute approximate surface area is 172 Å². The Morgan fingerprint density at radius 2 is 1.76 bits per heavy atom. The van der Waals surface area contributed by atoms with Crippen LogP contribution in [0.4, 0.5) is 0 Å². The maximum atomic E-state index is 12.9. The molecule has 0 atom stereocenters. The van der Waals surface area contributed by atoms with Crippen LogP contribution in [0.25, 0.3) is 5.69 Å². The van der Waals surface area contributed by atoms with E-state index in [4.69, 9.17) is 21.0 Å². The first-order chi connectivity index (χ1) is 13.7. The van der Waals surface area contributed by atoms with Crippen LogP contribution in [0, 0.1) is 32.1 Å². The lowest BCUT2D eigenvalue weighted by Crippen LogP contribution is -2.26. The van der Waals surface area contributed by atoms with Crippen LogP contribution in [-0.2, 0) is 10.1 Å². The summed E-state index contributed by atoms with van der Waals surface area (Å²) in [6.45, 7) is 4.76. The lowest BCUT2D eigenvalue weighted by molar-refractivity contribution is 0.469. The number of nitriles is 1. The fraction of sp³-hybridized carbons (Fsp3) is 0.150. The second kappa shape index (κ2) is 7.70. The molecule has 3 rings (SSSR count). The highest BCUT2D eigenvalue weighted by Gasteiger charge is 2.22. The molecule has 0 aliphatic heterocycles. The molecule has 0 aliphatic rings. The summed E-state index contributed by atoms with van der Waals surface area (Å²) in [5.74, 6) is -0.149. The van der Waals surface area contributed by atoms with Crippen LogP contribution >= 0.6 is 11.6 Å². The minimum absolute atomic E-state index is 0.00952. The highest BCUT2D eigenvalue weighted by molar-refractivity contribution is 7.87. The molecule has 0 spiro atoms. The summed E-state index contributed by atoms with van der Waals surface area (Å²) in [4.78, 5) is 17.0. The molecular weight excluding hydrogens is 414 g/mol. The summed E-state index contributed by atoms with van der Waals surface area (Å²) in [7, 11) is -4.16. The van der Waals surface area contributed by atoms with E-state index in [1.54, 1.807) is 24.3 Å². The van der Waals surface area contributed by atoms with E-state index in [1.807, 2.05) is 13.0 Å². The van der Waals surface area contributed by atoms with Gasteiger partial charge in [0.25, 0.3) is 5.56 Å². The molecule has 0 bridgehead atoms. The van der Waals surface area contributed by atoms with E-state index in [1.165, 1.54) is 36.6 Å². The maximum absolute atomic E-state index is 12.9. The summed E-state index contributed by atoms with van der Waals surface area (Å²) in [6, 6.07) is 12.8. The van der Waals surface area contributed by atoms with E-state index in [9.17, 15) is 13.2 Å². The molecule has 7 nitrogen and oxygen atoms in total. The highest BCUT2D eigenvalue weighted by atomic mass is 35.5. The van der Waals surface area contributed by atoms with Crippen molar-refractivity contribution in [1.82, 2.24) is 9.55 Å². The molecule has 0 N–H and O–H groups in total.